The molecule has 0 atom stereocenters. The van der Waals surface area contributed by atoms with Gasteiger partial charge in [0.15, 0.2) is 5.78 Å². The molecular weight excluding hydrogens is 274 g/mol. The van der Waals surface area contributed by atoms with Crippen molar-refractivity contribution in [1.29, 1.82) is 0 Å². The minimum Gasteiger partial charge on any atom is -0.494 e. The Labute approximate surface area is 132 Å². The fraction of sp³-hybridized carbons (Fsp3) is 0.316. The van der Waals surface area contributed by atoms with Crippen molar-refractivity contribution in [2.75, 3.05) is 12.3 Å². The standard InChI is InChI=1S/C19H23NO2/c1-5-22-17-10-9-14(12-16(17)19(2,3)4)18(21)13-7-6-8-15(20)11-13/h6-12H,5,20H2,1-4H3. The highest BCUT2D eigenvalue weighted by molar-refractivity contribution is 6.09. The quantitative estimate of drug-likeness (QED) is 0.680. The Morgan fingerprint density at radius 2 is 1.77 bits per heavy atom. The first-order valence-electron chi connectivity index (χ1n) is 7.50. The number of rotatable bonds is 4. The van der Waals surface area contributed by atoms with Gasteiger partial charge in [-0.2, -0.15) is 0 Å². The summed E-state index contributed by atoms with van der Waals surface area (Å²) in [5, 5.41) is 0. The maximum atomic E-state index is 12.7. The van der Waals surface area contributed by atoms with Gasteiger partial charge in [0.05, 0.1) is 6.61 Å². The molecule has 0 bridgehead atoms. The molecule has 3 nitrogen and oxygen atoms in total. The van der Waals surface area contributed by atoms with Gasteiger partial charge in [0, 0.05) is 22.4 Å². The average molecular weight is 297 g/mol. The number of ether oxygens (including phenoxy) is 1. The van der Waals surface area contributed by atoms with Crippen molar-refractivity contribution in [1.82, 2.24) is 0 Å². The third-order valence-corrected chi connectivity index (χ3v) is 3.50. The van der Waals surface area contributed by atoms with Gasteiger partial charge < -0.3 is 10.5 Å². The first-order valence-corrected chi connectivity index (χ1v) is 7.50. The van der Waals surface area contributed by atoms with Crippen LogP contribution >= 0.6 is 0 Å². The van der Waals surface area contributed by atoms with E-state index >= 15 is 0 Å². The predicted octanol–water partition coefficient (Wildman–Crippen LogP) is 4.20. The van der Waals surface area contributed by atoms with Crippen molar-refractivity contribution in [2.45, 2.75) is 33.1 Å². The van der Waals surface area contributed by atoms with Gasteiger partial charge in [-0.15, -0.1) is 0 Å². The summed E-state index contributed by atoms with van der Waals surface area (Å²) in [6, 6.07) is 12.7. The largest absolute Gasteiger partial charge is 0.494 e. The Kier molecular flexibility index (Phi) is 4.55. The first-order chi connectivity index (χ1) is 10.3. The zero-order valence-corrected chi connectivity index (χ0v) is 13.6. The third kappa shape index (κ3) is 3.48. The lowest BCUT2D eigenvalue weighted by Crippen LogP contribution is -2.15. The summed E-state index contributed by atoms with van der Waals surface area (Å²) in [6.07, 6.45) is 0. The van der Waals surface area contributed by atoms with Crippen LogP contribution in [0.2, 0.25) is 0 Å². The lowest BCUT2D eigenvalue weighted by atomic mass is 9.84. The van der Waals surface area contributed by atoms with Crippen LogP contribution in [0.25, 0.3) is 0 Å². The summed E-state index contributed by atoms with van der Waals surface area (Å²) in [5.41, 5.74) is 8.54. The van der Waals surface area contributed by atoms with Crippen LogP contribution in [0, 0.1) is 0 Å². The molecule has 2 aromatic rings. The lowest BCUT2D eigenvalue weighted by molar-refractivity contribution is 0.103. The number of benzene rings is 2. The van der Waals surface area contributed by atoms with E-state index < -0.39 is 0 Å². The van der Waals surface area contributed by atoms with Crippen molar-refractivity contribution in [3.63, 3.8) is 0 Å². The molecule has 0 amide bonds. The van der Waals surface area contributed by atoms with Crippen molar-refractivity contribution in [3.05, 3.63) is 59.2 Å². The molecule has 116 valence electrons. The molecule has 0 spiro atoms. The second-order valence-corrected chi connectivity index (χ2v) is 6.35. The lowest BCUT2D eigenvalue weighted by Gasteiger charge is -2.23. The molecule has 0 saturated heterocycles. The van der Waals surface area contributed by atoms with Gasteiger partial charge in [0.1, 0.15) is 5.75 Å². The van der Waals surface area contributed by atoms with Crippen LogP contribution in [-0.2, 0) is 5.41 Å². The highest BCUT2D eigenvalue weighted by Crippen LogP contribution is 2.32. The Morgan fingerprint density at radius 3 is 2.36 bits per heavy atom. The normalized spacial score (nSPS) is 11.3. The number of hydrogen-bond acceptors (Lipinski definition) is 3. The van der Waals surface area contributed by atoms with Gasteiger partial charge in [-0.25, -0.2) is 0 Å². The van der Waals surface area contributed by atoms with Crippen molar-refractivity contribution < 1.29 is 9.53 Å². The number of anilines is 1. The SMILES string of the molecule is CCOc1ccc(C(=O)c2cccc(N)c2)cc1C(C)(C)C. The molecule has 0 aliphatic heterocycles. The van der Waals surface area contributed by atoms with Gasteiger partial charge in [-0.3, -0.25) is 4.79 Å². The van der Waals surface area contributed by atoms with E-state index in [1.165, 1.54) is 0 Å². The number of carbonyl (C=O) groups excluding carboxylic acids is 1. The van der Waals surface area contributed by atoms with Gasteiger partial charge in [-0.05, 0) is 42.7 Å². The van der Waals surface area contributed by atoms with Gasteiger partial charge in [0.25, 0.3) is 0 Å². The molecule has 0 heterocycles. The van der Waals surface area contributed by atoms with Crippen molar-refractivity contribution in [2.24, 2.45) is 0 Å². The molecule has 0 unspecified atom stereocenters. The van der Waals surface area contributed by atoms with Crippen LogP contribution in [0.5, 0.6) is 5.75 Å². The summed E-state index contributed by atoms with van der Waals surface area (Å²) in [5.74, 6) is 0.806. The van der Waals surface area contributed by atoms with E-state index in [-0.39, 0.29) is 11.2 Å². The molecule has 22 heavy (non-hydrogen) atoms. The van der Waals surface area contributed by atoms with Crippen LogP contribution in [0.1, 0.15) is 49.2 Å². The summed E-state index contributed by atoms with van der Waals surface area (Å²) >= 11 is 0. The van der Waals surface area contributed by atoms with E-state index in [9.17, 15) is 4.79 Å². The second kappa shape index (κ2) is 6.22. The van der Waals surface area contributed by atoms with Crippen molar-refractivity contribution in [3.8, 4) is 5.75 Å². The summed E-state index contributed by atoms with van der Waals surface area (Å²) in [7, 11) is 0. The molecule has 0 aliphatic rings. The smallest absolute Gasteiger partial charge is 0.193 e. The monoisotopic (exact) mass is 297 g/mol. The Balaban J connectivity index is 2.46. The maximum Gasteiger partial charge on any atom is 0.193 e. The Bertz CT molecular complexity index is 684. The average Bonchev–Trinajstić information content (AvgIpc) is 2.46. The number of nitrogen functional groups attached to an aromatic ring is 1. The molecule has 0 aromatic heterocycles. The van der Waals surface area contributed by atoms with E-state index in [0.29, 0.717) is 23.4 Å². The van der Waals surface area contributed by atoms with E-state index in [2.05, 4.69) is 20.8 Å². The highest BCUT2D eigenvalue weighted by atomic mass is 16.5. The van der Waals surface area contributed by atoms with Crippen LogP contribution in [0.4, 0.5) is 5.69 Å². The minimum absolute atomic E-state index is 0.0270. The molecule has 3 heteroatoms. The fourth-order valence-electron chi connectivity index (χ4n) is 2.39. The van der Waals surface area contributed by atoms with Gasteiger partial charge in [0.2, 0.25) is 0 Å². The Morgan fingerprint density at radius 1 is 1.09 bits per heavy atom. The molecule has 0 fully saturated rings. The highest BCUT2D eigenvalue weighted by Gasteiger charge is 2.21. The van der Waals surface area contributed by atoms with Crippen LogP contribution < -0.4 is 10.5 Å². The second-order valence-electron chi connectivity index (χ2n) is 6.35. The minimum atomic E-state index is -0.101. The molecule has 0 radical (unpaired) electrons. The topological polar surface area (TPSA) is 52.3 Å². The third-order valence-electron chi connectivity index (χ3n) is 3.50. The zero-order valence-electron chi connectivity index (χ0n) is 13.6. The van der Waals surface area contributed by atoms with Crippen LogP contribution in [0.15, 0.2) is 42.5 Å². The zero-order chi connectivity index (χ0) is 16.3. The number of nitrogens with two attached hydrogens (primary N) is 1. The van der Waals surface area contributed by atoms with Gasteiger partial charge in [-0.1, -0.05) is 32.9 Å². The van der Waals surface area contributed by atoms with Crippen LogP contribution in [-0.4, -0.2) is 12.4 Å². The molecule has 2 aromatic carbocycles. The summed E-state index contributed by atoms with van der Waals surface area (Å²) in [6.45, 7) is 8.89. The van der Waals surface area contributed by atoms with E-state index in [4.69, 9.17) is 10.5 Å². The maximum absolute atomic E-state index is 12.7. The Hall–Kier alpha value is -2.29. The molecule has 2 N–H and O–H groups in total. The molecule has 0 saturated carbocycles. The van der Waals surface area contributed by atoms with E-state index in [1.54, 1.807) is 24.3 Å². The van der Waals surface area contributed by atoms with Crippen LogP contribution in [0.3, 0.4) is 0 Å². The van der Waals surface area contributed by atoms with Gasteiger partial charge >= 0.3 is 0 Å². The van der Waals surface area contributed by atoms with E-state index in [0.717, 1.165) is 11.3 Å². The molecule has 0 aliphatic carbocycles. The predicted molar refractivity (Wildman–Crippen MR) is 90.6 cm³/mol. The van der Waals surface area contributed by atoms with Crippen molar-refractivity contribution >= 4 is 11.5 Å². The first kappa shape index (κ1) is 16.1. The van der Waals surface area contributed by atoms with E-state index in [1.807, 2.05) is 25.1 Å². The number of ketones is 1. The molecular formula is C19H23NO2. The fourth-order valence-corrected chi connectivity index (χ4v) is 2.39. The summed E-state index contributed by atoms with van der Waals surface area (Å²) < 4.78 is 5.69. The summed E-state index contributed by atoms with van der Waals surface area (Å²) in [4.78, 5) is 12.7. The number of hydrogen-bond donors (Lipinski definition) is 1. The number of carbonyl (C=O) groups is 1. The molecule has 2 rings (SSSR count).